The van der Waals surface area contributed by atoms with Crippen molar-refractivity contribution in [2.75, 3.05) is 5.75 Å². The minimum atomic E-state index is 0.345. The molecule has 0 aliphatic heterocycles. The van der Waals surface area contributed by atoms with E-state index in [1.807, 2.05) is 11.8 Å². The van der Waals surface area contributed by atoms with Gasteiger partial charge in [0, 0.05) is 25.5 Å². The number of allylic oxidation sites excluding steroid dienone is 1. The topological polar surface area (TPSA) is 0 Å². The lowest BCUT2D eigenvalue weighted by Crippen LogP contribution is -1.99. The molecule has 132 valence electrons. The van der Waals surface area contributed by atoms with E-state index < -0.39 is 0 Å². The van der Waals surface area contributed by atoms with Crippen molar-refractivity contribution in [2.45, 2.75) is 17.7 Å². The summed E-state index contributed by atoms with van der Waals surface area (Å²) in [7, 11) is 0. The summed E-state index contributed by atoms with van der Waals surface area (Å²) in [6.45, 7) is 2.12. The van der Waals surface area contributed by atoms with Gasteiger partial charge in [-0.25, -0.2) is 0 Å². The monoisotopic (exact) mass is 486 g/mol. The van der Waals surface area contributed by atoms with Gasteiger partial charge in [-0.3, -0.25) is 0 Å². The standard InChI is InChI=1S/C23H20Br2S/c1-17-8-12-23(13-9-17)26-16-20(19-5-3-7-22(25)15-19)11-10-18-4-2-6-21(24)14-18/h2-15,20H,16H2,1H3/b11-10+. The molecule has 0 bridgehead atoms. The first-order valence-electron chi connectivity index (χ1n) is 8.49. The summed E-state index contributed by atoms with van der Waals surface area (Å²) >= 11 is 9.05. The number of rotatable bonds is 6. The largest absolute Gasteiger partial charge is 0.125 e. The minimum Gasteiger partial charge on any atom is -0.125 e. The average molecular weight is 488 g/mol. The second-order valence-corrected chi connectivity index (χ2v) is 9.12. The lowest BCUT2D eigenvalue weighted by molar-refractivity contribution is 0.986. The maximum absolute atomic E-state index is 3.60. The highest BCUT2D eigenvalue weighted by Crippen LogP contribution is 2.29. The highest BCUT2D eigenvalue weighted by Gasteiger charge is 2.10. The van der Waals surface area contributed by atoms with Crippen LogP contribution < -0.4 is 0 Å². The number of thioether (sulfide) groups is 1. The van der Waals surface area contributed by atoms with Crippen LogP contribution in [0.5, 0.6) is 0 Å². The summed E-state index contributed by atoms with van der Waals surface area (Å²) in [5.41, 5.74) is 3.83. The smallest absolute Gasteiger partial charge is 0.0181 e. The number of halogens is 2. The van der Waals surface area contributed by atoms with Crippen LogP contribution in [0.1, 0.15) is 22.6 Å². The van der Waals surface area contributed by atoms with Crippen LogP contribution in [0.25, 0.3) is 6.08 Å². The molecule has 0 aliphatic carbocycles. The quantitative estimate of drug-likeness (QED) is 0.316. The van der Waals surface area contributed by atoms with E-state index in [0.717, 1.165) is 14.7 Å². The molecule has 26 heavy (non-hydrogen) atoms. The van der Waals surface area contributed by atoms with Crippen LogP contribution in [0.2, 0.25) is 0 Å². The van der Waals surface area contributed by atoms with E-state index in [4.69, 9.17) is 0 Å². The molecular weight excluding hydrogens is 468 g/mol. The molecule has 0 amide bonds. The molecule has 0 spiro atoms. The van der Waals surface area contributed by atoms with Crippen LogP contribution in [0, 0.1) is 6.92 Å². The Kier molecular flexibility index (Phi) is 7.18. The Balaban J connectivity index is 1.80. The van der Waals surface area contributed by atoms with Crippen LogP contribution in [0.3, 0.4) is 0 Å². The van der Waals surface area contributed by atoms with E-state index in [9.17, 15) is 0 Å². The van der Waals surface area contributed by atoms with Gasteiger partial charge in [0.05, 0.1) is 0 Å². The normalized spacial score (nSPS) is 12.4. The van der Waals surface area contributed by atoms with Gasteiger partial charge >= 0.3 is 0 Å². The van der Waals surface area contributed by atoms with Crippen molar-refractivity contribution in [2.24, 2.45) is 0 Å². The van der Waals surface area contributed by atoms with E-state index >= 15 is 0 Å². The molecule has 0 saturated carbocycles. The van der Waals surface area contributed by atoms with Crippen molar-refractivity contribution in [3.8, 4) is 0 Å². The summed E-state index contributed by atoms with van der Waals surface area (Å²) in [6, 6.07) is 25.8. The van der Waals surface area contributed by atoms with Crippen LogP contribution >= 0.6 is 43.6 Å². The Labute approximate surface area is 177 Å². The van der Waals surface area contributed by atoms with Gasteiger partial charge < -0.3 is 0 Å². The molecule has 3 rings (SSSR count). The lowest BCUT2D eigenvalue weighted by atomic mass is 10.00. The molecule has 1 unspecified atom stereocenters. The number of aryl methyl sites for hydroxylation is 1. The molecule has 3 aromatic carbocycles. The first-order valence-corrected chi connectivity index (χ1v) is 11.1. The molecule has 0 heterocycles. The molecule has 1 atom stereocenters. The maximum Gasteiger partial charge on any atom is 0.0181 e. The molecule has 0 aliphatic rings. The van der Waals surface area contributed by atoms with Gasteiger partial charge in [0.25, 0.3) is 0 Å². The molecular formula is C23H20Br2S. The van der Waals surface area contributed by atoms with Gasteiger partial charge in [-0.1, -0.05) is 86.0 Å². The molecule has 3 heteroatoms. The second-order valence-electron chi connectivity index (χ2n) is 6.20. The highest BCUT2D eigenvalue weighted by molar-refractivity contribution is 9.10. The van der Waals surface area contributed by atoms with E-state index in [1.165, 1.54) is 21.6 Å². The fourth-order valence-corrected chi connectivity index (χ4v) is 4.50. The summed E-state index contributed by atoms with van der Waals surface area (Å²) in [6.07, 6.45) is 4.52. The fourth-order valence-electron chi connectivity index (χ4n) is 2.66. The fraction of sp³-hybridized carbons (Fsp3) is 0.130. The van der Waals surface area contributed by atoms with Crippen molar-refractivity contribution in [3.63, 3.8) is 0 Å². The van der Waals surface area contributed by atoms with Gasteiger partial charge in [0.15, 0.2) is 0 Å². The van der Waals surface area contributed by atoms with Crippen LogP contribution in [0.15, 0.2) is 92.7 Å². The van der Waals surface area contributed by atoms with Crippen LogP contribution in [0.4, 0.5) is 0 Å². The van der Waals surface area contributed by atoms with Crippen molar-refractivity contribution in [1.29, 1.82) is 0 Å². The van der Waals surface area contributed by atoms with Crippen LogP contribution in [-0.4, -0.2) is 5.75 Å². The first kappa shape index (κ1) is 19.5. The zero-order valence-corrected chi connectivity index (χ0v) is 18.5. The molecule has 0 fully saturated rings. The molecule has 0 nitrogen and oxygen atoms in total. The Hall–Kier alpha value is -1.29. The zero-order valence-electron chi connectivity index (χ0n) is 14.5. The van der Waals surface area contributed by atoms with Gasteiger partial charge in [0.1, 0.15) is 0 Å². The van der Waals surface area contributed by atoms with Gasteiger partial charge in [0.2, 0.25) is 0 Å². The summed E-state index contributed by atoms with van der Waals surface area (Å²) in [4.78, 5) is 1.31. The van der Waals surface area contributed by atoms with E-state index in [1.54, 1.807) is 0 Å². The lowest BCUT2D eigenvalue weighted by Gasteiger charge is -2.14. The second kappa shape index (κ2) is 9.59. The highest BCUT2D eigenvalue weighted by atomic mass is 79.9. The van der Waals surface area contributed by atoms with E-state index in [0.29, 0.717) is 5.92 Å². The third-order valence-electron chi connectivity index (χ3n) is 4.10. The Bertz CT molecular complexity index is 885. The van der Waals surface area contributed by atoms with Crippen LogP contribution in [-0.2, 0) is 0 Å². The third-order valence-corrected chi connectivity index (χ3v) is 6.21. The number of hydrogen-bond donors (Lipinski definition) is 0. The first-order chi connectivity index (χ1) is 12.6. The molecule has 0 aromatic heterocycles. The molecule has 0 radical (unpaired) electrons. The Morgan fingerprint density at radius 3 is 2.27 bits per heavy atom. The Morgan fingerprint density at radius 1 is 0.885 bits per heavy atom. The van der Waals surface area contributed by atoms with E-state index in [2.05, 4.69) is 124 Å². The molecule has 3 aromatic rings. The van der Waals surface area contributed by atoms with Crippen molar-refractivity contribution in [1.82, 2.24) is 0 Å². The predicted octanol–water partition coefficient (Wildman–Crippen LogP) is 8.11. The predicted molar refractivity (Wildman–Crippen MR) is 122 cm³/mol. The van der Waals surface area contributed by atoms with Crippen molar-refractivity contribution < 1.29 is 0 Å². The van der Waals surface area contributed by atoms with E-state index in [-0.39, 0.29) is 0 Å². The summed E-state index contributed by atoms with van der Waals surface area (Å²) in [5, 5.41) is 0. The zero-order chi connectivity index (χ0) is 18.4. The van der Waals surface area contributed by atoms with Gasteiger partial charge in [-0.2, -0.15) is 0 Å². The van der Waals surface area contributed by atoms with Crippen molar-refractivity contribution in [3.05, 3.63) is 105 Å². The minimum absolute atomic E-state index is 0.345. The number of hydrogen-bond acceptors (Lipinski definition) is 1. The van der Waals surface area contributed by atoms with Crippen molar-refractivity contribution >= 4 is 49.7 Å². The van der Waals surface area contributed by atoms with Gasteiger partial charge in [-0.05, 0) is 54.4 Å². The average Bonchev–Trinajstić information content (AvgIpc) is 2.63. The number of benzene rings is 3. The Morgan fingerprint density at radius 2 is 1.58 bits per heavy atom. The SMILES string of the molecule is Cc1ccc(SCC(/C=C/c2cccc(Br)c2)c2cccc(Br)c2)cc1. The summed E-state index contributed by atoms with van der Waals surface area (Å²) < 4.78 is 2.23. The molecule has 0 saturated heterocycles. The summed E-state index contributed by atoms with van der Waals surface area (Å²) in [5.74, 6) is 1.35. The maximum atomic E-state index is 3.60. The van der Waals surface area contributed by atoms with Gasteiger partial charge in [-0.15, -0.1) is 11.8 Å². The third kappa shape index (κ3) is 5.87. The molecule has 0 N–H and O–H groups in total.